The Morgan fingerprint density at radius 3 is 2.42 bits per heavy atom. The summed E-state index contributed by atoms with van der Waals surface area (Å²) < 4.78 is 25.3. The van der Waals surface area contributed by atoms with Crippen molar-refractivity contribution in [2.24, 2.45) is 0 Å². The molecule has 0 aliphatic heterocycles. The number of halogens is 2. The zero-order chi connectivity index (χ0) is 9.14. The fourth-order valence-electron chi connectivity index (χ4n) is 1.10. The van der Waals surface area contributed by atoms with Crippen molar-refractivity contribution < 1.29 is 8.78 Å². The van der Waals surface area contributed by atoms with Crippen LogP contribution in [0.3, 0.4) is 0 Å². The first-order chi connectivity index (χ1) is 5.69. The van der Waals surface area contributed by atoms with Crippen LogP contribution in [0.5, 0.6) is 0 Å². The normalized spacial score (nSPS) is 11.1. The number of hydrogen-bond acceptors (Lipinski definition) is 1. The third-order valence-corrected chi connectivity index (χ3v) is 1.77. The summed E-state index contributed by atoms with van der Waals surface area (Å²) in [4.78, 5) is 0. The van der Waals surface area contributed by atoms with E-state index in [9.17, 15) is 8.78 Å². The summed E-state index contributed by atoms with van der Waals surface area (Å²) in [6.07, 6.45) is 1.30. The molecule has 0 aliphatic rings. The average Bonchev–Trinajstić information content (AvgIpc) is 2.47. The van der Waals surface area contributed by atoms with Crippen molar-refractivity contribution in [2.45, 2.75) is 33.2 Å². The van der Waals surface area contributed by atoms with E-state index in [1.807, 2.05) is 13.8 Å². The van der Waals surface area contributed by atoms with E-state index in [1.165, 1.54) is 0 Å². The van der Waals surface area contributed by atoms with Gasteiger partial charge in [0.1, 0.15) is 0 Å². The maximum Gasteiger partial charge on any atom is 0.333 e. The first-order valence-electron chi connectivity index (χ1n) is 4.04. The molecule has 0 saturated heterocycles. The van der Waals surface area contributed by atoms with Gasteiger partial charge in [-0.15, -0.1) is 0 Å². The number of aryl methyl sites for hydroxylation is 2. The van der Waals surface area contributed by atoms with Crippen LogP contribution in [-0.2, 0) is 12.8 Å². The first-order valence-corrected chi connectivity index (χ1v) is 4.04. The Balaban J connectivity index is 3.00. The van der Waals surface area contributed by atoms with E-state index >= 15 is 0 Å². The van der Waals surface area contributed by atoms with Gasteiger partial charge in [-0.3, -0.25) is 0 Å². The van der Waals surface area contributed by atoms with Gasteiger partial charge in [0.05, 0.1) is 5.69 Å². The van der Waals surface area contributed by atoms with E-state index in [-0.39, 0.29) is 0 Å². The smallest absolute Gasteiger partial charge is 0.208 e. The third-order valence-electron chi connectivity index (χ3n) is 1.77. The zero-order valence-corrected chi connectivity index (χ0v) is 7.22. The number of hydrogen-bond donors (Lipinski definition) is 0. The van der Waals surface area contributed by atoms with E-state index in [4.69, 9.17) is 0 Å². The molecule has 1 aromatic heterocycles. The maximum absolute atomic E-state index is 12.3. The zero-order valence-electron chi connectivity index (χ0n) is 7.22. The molecule has 12 heavy (non-hydrogen) atoms. The molecule has 1 aromatic rings. The molecule has 0 radical (unpaired) electrons. The summed E-state index contributed by atoms with van der Waals surface area (Å²) >= 11 is 0. The monoisotopic (exact) mass is 174 g/mol. The third kappa shape index (κ3) is 1.62. The maximum atomic E-state index is 12.3. The second kappa shape index (κ2) is 3.65. The molecular weight excluding hydrogens is 162 g/mol. The lowest BCUT2D eigenvalue weighted by Crippen LogP contribution is -2.04. The van der Waals surface area contributed by atoms with Crippen molar-refractivity contribution in [3.63, 3.8) is 0 Å². The van der Waals surface area contributed by atoms with Crippen LogP contribution in [0.15, 0.2) is 6.07 Å². The summed E-state index contributed by atoms with van der Waals surface area (Å²) in [7, 11) is 0. The molecule has 0 saturated carbocycles. The Labute approximate surface area is 70.2 Å². The van der Waals surface area contributed by atoms with Gasteiger partial charge in [-0.2, -0.15) is 13.9 Å². The van der Waals surface area contributed by atoms with Gasteiger partial charge in [0.25, 0.3) is 0 Å². The van der Waals surface area contributed by atoms with Crippen LogP contribution in [0.25, 0.3) is 0 Å². The Morgan fingerprint density at radius 2 is 2.08 bits per heavy atom. The van der Waals surface area contributed by atoms with Crippen molar-refractivity contribution in [3.8, 4) is 0 Å². The van der Waals surface area contributed by atoms with Crippen molar-refractivity contribution in [3.05, 3.63) is 17.5 Å². The Morgan fingerprint density at radius 1 is 1.42 bits per heavy atom. The Bertz CT molecular complexity index is 256. The van der Waals surface area contributed by atoms with Crippen LogP contribution >= 0.6 is 0 Å². The average molecular weight is 174 g/mol. The summed E-state index contributed by atoms with van der Waals surface area (Å²) in [5, 5.41) is 3.77. The fourth-order valence-corrected chi connectivity index (χ4v) is 1.10. The van der Waals surface area contributed by atoms with E-state index < -0.39 is 6.55 Å². The number of aromatic nitrogens is 2. The van der Waals surface area contributed by atoms with Crippen LogP contribution in [0.4, 0.5) is 8.78 Å². The fraction of sp³-hybridized carbons (Fsp3) is 0.625. The second-order valence-electron chi connectivity index (χ2n) is 2.56. The molecule has 4 heteroatoms. The minimum Gasteiger partial charge on any atom is -0.208 e. The van der Waals surface area contributed by atoms with Gasteiger partial charge in [-0.1, -0.05) is 13.8 Å². The Hall–Kier alpha value is -0.930. The topological polar surface area (TPSA) is 17.8 Å². The molecule has 0 unspecified atom stereocenters. The minimum absolute atomic E-state index is 0.595. The predicted octanol–water partition coefficient (Wildman–Crippen LogP) is 2.40. The van der Waals surface area contributed by atoms with Gasteiger partial charge in [0.2, 0.25) is 0 Å². The molecule has 2 nitrogen and oxygen atoms in total. The molecule has 68 valence electrons. The van der Waals surface area contributed by atoms with Crippen molar-refractivity contribution in [2.75, 3.05) is 0 Å². The molecule has 0 aliphatic carbocycles. The van der Waals surface area contributed by atoms with Crippen molar-refractivity contribution in [1.82, 2.24) is 9.78 Å². The molecular formula is C8H12F2N2. The lowest BCUT2D eigenvalue weighted by molar-refractivity contribution is 0.0532. The highest BCUT2D eigenvalue weighted by atomic mass is 19.3. The molecule has 0 fully saturated rings. The van der Waals surface area contributed by atoms with Crippen LogP contribution < -0.4 is 0 Å². The minimum atomic E-state index is -2.51. The highest BCUT2D eigenvalue weighted by molar-refractivity contribution is 5.10. The van der Waals surface area contributed by atoms with E-state index in [2.05, 4.69) is 5.10 Å². The quantitative estimate of drug-likeness (QED) is 0.688. The van der Waals surface area contributed by atoms with Gasteiger partial charge in [0, 0.05) is 5.69 Å². The van der Waals surface area contributed by atoms with Gasteiger partial charge in [0.15, 0.2) is 0 Å². The number of alkyl halides is 2. The summed E-state index contributed by atoms with van der Waals surface area (Å²) in [5.41, 5.74) is 1.33. The summed E-state index contributed by atoms with van der Waals surface area (Å²) in [6, 6.07) is 1.73. The van der Waals surface area contributed by atoms with Crippen LogP contribution in [0.2, 0.25) is 0 Å². The van der Waals surface area contributed by atoms with Gasteiger partial charge in [-0.25, -0.2) is 4.68 Å². The lowest BCUT2D eigenvalue weighted by atomic mass is 10.3. The van der Waals surface area contributed by atoms with Gasteiger partial charge >= 0.3 is 6.55 Å². The SMILES string of the molecule is CCc1cc(CC)n(C(F)F)n1. The summed E-state index contributed by atoms with van der Waals surface area (Å²) in [5.74, 6) is 0. The standard InChI is InChI=1S/C8H12F2N2/c1-3-6-5-7(4-2)12(11-6)8(9)10/h5,8H,3-4H2,1-2H3. The van der Waals surface area contributed by atoms with Crippen LogP contribution in [0, 0.1) is 0 Å². The van der Waals surface area contributed by atoms with Gasteiger partial charge < -0.3 is 0 Å². The highest BCUT2D eigenvalue weighted by Crippen LogP contribution is 2.15. The highest BCUT2D eigenvalue weighted by Gasteiger charge is 2.12. The molecule has 0 bridgehead atoms. The molecule has 0 N–H and O–H groups in total. The largest absolute Gasteiger partial charge is 0.333 e. The number of nitrogens with zero attached hydrogens (tertiary/aromatic N) is 2. The van der Waals surface area contributed by atoms with E-state index in [1.54, 1.807) is 6.07 Å². The molecule has 0 amide bonds. The van der Waals surface area contributed by atoms with Crippen LogP contribution in [0.1, 0.15) is 31.8 Å². The predicted molar refractivity (Wildman–Crippen MR) is 42.2 cm³/mol. The van der Waals surface area contributed by atoms with E-state index in [0.29, 0.717) is 18.5 Å². The Kier molecular flexibility index (Phi) is 2.78. The van der Waals surface area contributed by atoms with Crippen molar-refractivity contribution in [1.29, 1.82) is 0 Å². The van der Waals surface area contributed by atoms with Crippen molar-refractivity contribution >= 4 is 0 Å². The molecule has 0 aromatic carbocycles. The lowest BCUT2D eigenvalue weighted by Gasteiger charge is -2.01. The molecule has 1 heterocycles. The van der Waals surface area contributed by atoms with E-state index in [0.717, 1.165) is 10.4 Å². The molecule has 0 spiro atoms. The summed E-state index contributed by atoms with van der Waals surface area (Å²) in [6.45, 7) is 1.23. The molecule has 0 atom stereocenters. The van der Waals surface area contributed by atoms with Gasteiger partial charge in [-0.05, 0) is 18.9 Å². The number of rotatable bonds is 3. The molecule has 1 rings (SSSR count). The first kappa shape index (κ1) is 9.16. The second-order valence-corrected chi connectivity index (χ2v) is 2.56. The van der Waals surface area contributed by atoms with Crippen LogP contribution in [-0.4, -0.2) is 9.78 Å².